The highest BCUT2D eigenvalue weighted by molar-refractivity contribution is 6.46. The zero-order chi connectivity index (χ0) is 21.4. The van der Waals surface area contributed by atoms with Crippen molar-refractivity contribution in [1.82, 2.24) is 14.9 Å². The molecule has 31 heavy (non-hydrogen) atoms. The molecule has 0 saturated carbocycles. The van der Waals surface area contributed by atoms with E-state index in [-0.39, 0.29) is 24.7 Å². The Hall–Kier alpha value is -4.20. The lowest BCUT2D eigenvalue weighted by molar-refractivity contribution is -0.140. The van der Waals surface area contributed by atoms with Crippen LogP contribution >= 0.6 is 0 Å². The Kier molecular flexibility index (Phi) is 4.59. The average Bonchev–Trinajstić information content (AvgIpc) is 3.38. The van der Waals surface area contributed by atoms with Crippen LogP contribution in [0.2, 0.25) is 0 Å². The summed E-state index contributed by atoms with van der Waals surface area (Å²) in [6.45, 7) is 0.237. The van der Waals surface area contributed by atoms with E-state index in [1.807, 2.05) is 6.07 Å². The minimum atomic E-state index is -0.841. The summed E-state index contributed by atoms with van der Waals surface area (Å²) in [4.78, 5) is 35.8. The van der Waals surface area contributed by atoms with Crippen LogP contribution in [0.4, 0.5) is 0 Å². The van der Waals surface area contributed by atoms with Gasteiger partial charge in [0.15, 0.2) is 11.5 Å². The van der Waals surface area contributed by atoms with Crippen molar-refractivity contribution in [3.63, 3.8) is 0 Å². The number of pyridine rings is 2. The Morgan fingerprint density at radius 2 is 1.94 bits per heavy atom. The maximum absolute atomic E-state index is 13.0. The molecule has 2 aromatic heterocycles. The molecule has 1 N–H and O–H groups in total. The lowest BCUT2D eigenvalue weighted by Gasteiger charge is -2.24. The second kappa shape index (κ2) is 7.56. The maximum Gasteiger partial charge on any atom is 0.296 e. The Bertz CT molecular complexity index is 1190. The van der Waals surface area contributed by atoms with E-state index in [0.29, 0.717) is 22.8 Å². The standard InChI is InChI=1S/C23H17N3O5/c27-21(15-6-7-17-18(10-15)31-13-30-17)19-20(16-5-1-2-9-25-16)26(23(29)22(19)28)12-14-4-3-8-24-11-14/h1-11,20,27H,12-13H2/b21-19+. The third-order valence-corrected chi connectivity index (χ3v) is 5.23. The highest BCUT2D eigenvalue weighted by Gasteiger charge is 2.46. The number of carbonyl (C=O) groups is 2. The third kappa shape index (κ3) is 3.28. The number of aromatic nitrogens is 2. The van der Waals surface area contributed by atoms with Crippen LogP contribution in [0.3, 0.4) is 0 Å². The highest BCUT2D eigenvalue weighted by Crippen LogP contribution is 2.41. The smallest absolute Gasteiger partial charge is 0.296 e. The van der Waals surface area contributed by atoms with E-state index in [9.17, 15) is 14.7 Å². The summed E-state index contributed by atoms with van der Waals surface area (Å²) >= 11 is 0. The van der Waals surface area contributed by atoms with Gasteiger partial charge >= 0.3 is 0 Å². The summed E-state index contributed by atoms with van der Waals surface area (Å²) in [5.41, 5.74) is 1.57. The molecule has 1 fully saturated rings. The molecule has 1 amide bonds. The molecule has 1 aromatic carbocycles. The zero-order valence-corrected chi connectivity index (χ0v) is 16.3. The van der Waals surface area contributed by atoms with Crippen LogP contribution in [0.25, 0.3) is 5.76 Å². The van der Waals surface area contributed by atoms with Gasteiger partial charge in [0, 0.05) is 30.7 Å². The molecule has 2 aliphatic rings. The van der Waals surface area contributed by atoms with E-state index in [0.717, 1.165) is 5.56 Å². The molecule has 4 heterocycles. The van der Waals surface area contributed by atoms with E-state index in [1.54, 1.807) is 61.1 Å². The van der Waals surface area contributed by atoms with Gasteiger partial charge in [-0.25, -0.2) is 0 Å². The lowest BCUT2D eigenvalue weighted by Crippen LogP contribution is -2.29. The van der Waals surface area contributed by atoms with Crippen molar-refractivity contribution in [3.8, 4) is 11.5 Å². The number of nitrogens with zero attached hydrogens (tertiary/aromatic N) is 3. The quantitative estimate of drug-likeness (QED) is 0.397. The summed E-state index contributed by atoms with van der Waals surface area (Å²) in [6.07, 6.45) is 4.85. The topological polar surface area (TPSA) is 102 Å². The number of Topliss-reactive ketones (excluding diaryl/α,β-unsaturated/α-hetero) is 1. The highest BCUT2D eigenvalue weighted by atomic mass is 16.7. The summed E-state index contributed by atoms with van der Waals surface area (Å²) in [5.74, 6) is -0.754. The number of aliphatic hydroxyl groups is 1. The number of rotatable bonds is 4. The van der Waals surface area contributed by atoms with Crippen molar-refractivity contribution < 1.29 is 24.2 Å². The minimum Gasteiger partial charge on any atom is -0.507 e. The Morgan fingerprint density at radius 3 is 2.71 bits per heavy atom. The fourth-order valence-corrected chi connectivity index (χ4v) is 3.78. The van der Waals surface area contributed by atoms with Gasteiger partial charge in [-0.2, -0.15) is 0 Å². The van der Waals surface area contributed by atoms with E-state index in [4.69, 9.17) is 9.47 Å². The predicted octanol–water partition coefficient (Wildman–Crippen LogP) is 2.83. The van der Waals surface area contributed by atoms with Crippen LogP contribution in [-0.4, -0.2) is 38.5 Å². The Balaban J connectivity index is 1.63. The van der Waals surface area contributed by atoms with Gasteiger partial charge in [0.25, 0.3) is 11.7 Å². The normalized spacial score (nSPS) is 19.1. The molecule has 8 nitrogen and oxygen atoms in total. The number of hydrogen-bond acceptors (Lipinski definition) is 7. The second-order valence-electron chi connectivity index (χ2n) is 7.11. The van der Waals surface area contributed by atoms with E-state index in [1.165, 1.54) is 4.90 Å². The number of ketones is 1. The van der Waals surface area contributed by atoms with Crippen molar-refractivity contribution in [1.29, 1.82) is 0 Å². The molecule has 5 rings (SSSR count). The molecule has 0 bridgehead atoms. The van der Waals surface area contributed by atoms with Crippen LogP contribution in [-0.2, 0) is 16.1 Å². The Morgan fingerprint density at radius 1 is 1.06 bits per heavy atom. The average molecular weight is 415 g/mol. The molecular weight excluding hydrogens is 398 g/mol. The van der Waals surface area contributed by atoms with E-state index < -0.39 is 17.7 Å². The number of amides is 1. The molecule has 0 aliphatic carbocycles. The molecule has 1 saturated heterocycles. The van der Waals surface area contributed by atoms with Crippen LogP contribution in [0.5, 0.6) is 11.5 Å². The number of aliphatic hydroxyl groups excluding tert-OH is 1. The van der Waals surface area contributed by atoms with Gasteiger partial charge in [-0.15, -0.1) is 0 Å². The second-order valence-corrected chi connectivity index (χ2v) is 7.11. The molecule has 0 radical (unpaired) electrons. The lowest BCUT2D eigenvalue weighted by atomic mass is 9.98. The number of benzene rings is 1. The first-order valence-corrected chi connectivity index (χ1v) is 9.62. The first-order valence-electron chi connectivity index (χ1n) is 9.62. The summed E-state index contributed by atoms with van der Waals surface area (Å²) in [5, 5.41) is 11.1. The Labute approximate surface area is 177 Å². The molecule has 3 aromatic rings. The van der Waals surface area contributed by atoms with Gasteiger partial charge in [-0.1, -0.05) is 12.1 Å². The monoisotopic (exact) mass is 415 g/mol. The minimum absolute atomic E-state index is 0.0218. The molecular formula is C23H17N3O5. The van der Waals surface area contributed by atoms with Gasteiger partial charge in [0.2, 0.25) is 6.79 Å². The number of carbonyl (C=O) groups excluding carboxylic acids is 2. The maximum atomic E-state index is 13.0. The number of hydrogen-bond donors (Lipinski definition) is 1. The summed E-state index contributed by atoms with van der Waals surface area (Å²) in [7, 11) is 0. The van der Waals surface area contributed by atoms with Gasteiger partial charge in [0.05, 0.1) is 11.3 Å². The first kappa shape index (κ1) is 18.8. The summed E-state index contributed by atoms with van der Waals surface area (Å²) in [6, 6.07) is 12.8. The van der Waals surface area contributed by atoms with Crippen LogP contribution < -0.4 is 9.47 Å². The van der Waals surface area contributed by atoms with Crippen molar-refractivity contribution in [2.24, 2.45) is 0 Å². The molecule has 1 atom stereocenters. The molecule has 1 unspecified atom stereocenters. The predicted molar refractivity (Wildman–Crippen MR) is 109 cm³/mol. The number of ether oxygens (including phenoxy) is 2. The van der Waals surface area contributed by atoms with Crippen LogP contribution in [0.15, 0.2) is 72.7 Å². The zero-order valence-electron chi connectivity index (χ0n) is 16.3. The summed E-state index contributed by atoms with van der Waals surface area (Å²) < 4.78 is 10.7. The van der Waals surface area contributed by atoms with Gasteiger partial charge in [0.1, 0.15) is 11.8 Å². The number of likely N-dealkylation sites (tertiary alicyclic amines) is 1. The molecule has 2 aliphatic heterocycles. The third-order valence-electron chi connectivity index (χ3n) is 5.23. The van der Waals surface area contributed by atoms with Crippen LogP contribution in [0.1, 0.15) is 22.9 Å². The fourth-order valence-electron chi connectivity index (χ4n) is 3.78. The van der Waals surface area contributed by atoms with Crippen LogP contribution in [0, 0.1) is 0 Å². The number of fused-ring (bicyclic) bond motifs is 1. The van der Waals surface area contributed by atoms with Crippen molar-refractivity contribution in [2.75, 3.05) is 6.79 Å². The van der Waals surface area contributed by atoms with E-state index in [2.05, 4.69) is 9.97 Å². The fraction of sp³-hybridized carbons (Fsp3) is 0.130. The van der Waals surface area contributed by atoms with Gasteiger partial charge < -0.3 is 19.5 Å². The van der Waals surface area contributed by atoms with Crippen molar-refractivity contribution >= 4 is 17.4 Å². The largest absolute Gasteiger partial charge is 0.507 e. The molecule has 8 heteroatoms. The first-order chi connectivity index (χ1) is 15.1. The van der Waals surface area contributed by atoms with E-state index >= 15 is 0 Å². The SMILES string of the molecule is O=C1C(=O)N(Cc2cccnc2)C(c2ccccn2)/C1=C(\O)c1ccc2c(c1)OCO2. The van der Waals surface area contributed by atoms with Crippen molar-refractivity contribution in [2.45, 2.75) is 12.6 Å². The molecule has 0 spiro atoms. The van der Waals surface area contributed by atoms with Crippen molar-refractivity contribution in [3.05, 3.63) is 89.5 Å². The van der Waals surface area contributed by atoms with Gasteiger partial charge in [-0.3, -0.25) is 19.6 Å². The molecule has 154 valence electrons. The van der Waals surface area contributed by atoms with Gasteiger partial charge in [-0.05, 0) is 42.0 Å².